The maximum absolute atomic E-state index is 13.2. The summed E-state index contributed by atoms with van der Waals surface area (Å²) in [6.07, 6.45) is 2.36. The van der Waals surface area contributed by atoms with Crippen molar-refractivity contribution in [2.45, 2.75) is 194 Å². The van der Waals surface area contributed by atoms with Gasteiger partial charge >= 0.3 is 118 Å². The van der Waals surface area contributed by atoms with E-state index in [9.17, 15) is 24.0 Å². The van der Waals surface area contributed by atoms with Crippen LogP contribution in [0.15, 0.2) is 60.8 Å². The Morgan fingerprint density at radius 1 is 0.264 bits per heavy atom. The first-order valence-corrected chi connectivity index (χ1v) is 50.6. The molecular weight excluding hydrogens is 1360 g/mol. The number of fused-ring (bicyclic) bond motifs is 6. The number of esters is 5. The van der Waals surface area contributed by atoms with E-state index in [4.69, 9.17) is 94.9 Å². The van der Waals surface area contributed by atoms with E-state index in [-0.39, 0.29) is 153 Å². The minimum absolute atomic E-state index is 0.00457. The van der Waals surface area contributed by atoms with Crippen LogP contribution in [0.25, 0.3) is 0 Å². The molecule has 37 heteroatoms. The third kappa shape index (κ3) is 22.8. The predicted octanol–water partition coefficient (Wildman–Crippen LogP) is 9.83. The molecule has 520 valence electrons. The van der Waals surface area contributed by atoms with Crippen LogP contribution in [0.2, 0.25) is 60.4 Å². The molecule has 4 aliphatic rings. The van der Waals surface area contributed by atoms with E-state index in [1.807, 2.05) is 34.6 Å². The van der Waals surface area contributed by atoms with E-state index in [0.29, 0.717) is 32.1 Å². The molecule has 8 unspecified atom stereocenters. The number of carbonyl (C=O) groups excluding carboxylic acids is 5. The van der Waals surface area contributed by atoms with Gasteiger partial charge in [-0.15, -0.1) is 0 Å². The first kappa shape index (κ1) is 81.0. The molecule has 0 spiro atoms. The first-order valence-electron chi connectivity index (χ1n) is 31.3. The van der Waals surface area contributed by atoms with Gasteiger partial charge in [0.15, 0.2) is 0 Å². The fourth-order valence-corrected chi connectivity index (χ4v) is 66.6. The third-order valence-corrected chi connectivity index (χ3v) is 59.3. The summed E-state index contributed by atoms with van der Waals surface area (Å²) in [7, 11) is -40.3. The Morgan fingerprint density at radius 2 is 0.440 bits per heavy atom. The van der Waals surface area contributed by atoms with Gasteiger partial charge in [0.05, 0.1) is 33.0 Å². The highest BCUT2D eigenvalue weighted by atomic mass is 28.6. The lowest BCUT2D eigenvalue weighted by molar-refractivity contribution is -0.139. The van der Waals surface area contributed by atoms with E-state index >= 15 is 0 Å². The second-order valence-corrected chi connectivity index (χ2v) is 53.7. The van der Waals surface area contributed by atoms with Crippen molar-refractivity contribution in [1.82, 2.24) is 0 Å². The van der Waals surface area contributed by atoms with Gasteiger partial charge in [0, 0.05) is 117 Å². The van der Waals surface area contributed by atoms with Gasteiger partial charge in [0.25, 0.3) is 0 Å². The van der Waals surface area contributed by atoms with Gasteiger partial charge < -0.3 is 94.9 Å². The highest BCUT2D eigenvalue weighted by Crippen LogP contribution is 2.51. The smallest absolute Gasteiger partial charge is 0.462 e. The summed E-state index contributed by atoms with van der Waals surface area (Å²) in [4.78, 5) is 64.9. The Morgan fingerprint density at radius 3 is 0.637 bits per heavy atom. The number of hydrogen-bond donors (Lipinski definition) is 0. The lowest BCUT2D eigenvalue weighted by Gasteiger charge is -2.59. The van der Waals surface area contributed by atoms with Crippen molar-refractivity contribution >= 4 is 118 Å². The van der Waals surface area contributed by atoms with Crippen molar-refractivity contribution in [3.63, 3.8) is 0 Å². The Balaban J connectivity index is 2.30. The maximum atomic E-state index is 13.2. The Hall–Kier alpha value is -2.46. The monoisotopic (exact) mass is 1460 g/mol. The van der Waals surface area contributed by atoms with Gasteiger partial charge in [-0.25, -0.2) is 24.0 Å². The summed E-state index contributed by atoms with van der Waals surface area (Å²) >= 11 is 0. The fourth-order valence-electron chi connectivity index (χ4n) is 10.0. The quantitative estimate of drug-likeness (QED) is 0.0182. The second-order valence-electron chi connectivity index (χ2n) is 22.8. The predicted molar refractivity (Wildman–Crippen MR) is 351 cm³/mol. The summed E-state index contributed by atoms with van der Waals surface area (Å²) in [5.41, 5.74) is 0.932. The van der Waals surface area contributed by atoms with Crippen LogP contribution in [0.5, 0.6) is 0 Å². The van der Waals surface area contributed by atoms with Crippen molar-refractivity contribution in [2.24, 2.45) is 0 Å². The Bertz CT molecular complexity index is 2400. The maximum Gasteiger partial charge on any atom is 0.486 e. The minimum atomic E-state index is -4.94. The highest BCUT2D eigenvalue weighted by molar-refractivity contribution is 7.00. The summed E-state index contributed by atoms with van der Waals surface area (Å²) in [6, 6.07) is 0.0413. The number of ether oxygens (including phenoxy) is 5. The highest BCUT2D eigenvalue weighted by Gasteiger charge is 2.79. The Kier molecular flexibility index (Phi) is 32.2. The van der Waals surface area contributed by atoms with Crippen molar-refractivity contribution in [2.75, 3.05) is 61.5 Å². The number of carbonyl (C=O) groups is 5. The second kappa shape index (κ2) is 36.2. The molecule has 27 nitrogen and oxygen atoms in total. The molecule has 91 heavy (non-hydrogen) atoms. The van der Waals surface area contributed by atoms with Crippen molar-refractivity contribution < 1.29 is 119 Å². The largest absolute Gasteiger partial charge is 0.486 e. The van der Waals surface area contributed by atoms with Gasteiger partial charge in [-0.1, -0.05) is 99.6 Å². The topological polar surface area (TPSA) is 288 Å². The molecule has 4 fully saturated rings. The van der Waals surface area contributed by atoms with Gasteiger partial charge in [0.2, 0.25) is 0 Å². The molecule has 0 aromatic rings. The number of hydrogen-bond acceptors (Lipinski definition) is 27. The van der Waals surface area contributed by atoms with Crippen LogP contribution in [0.3, 0.4) is 0 Å². The first-order chi connectivity index (χ1) is 42.9. The summed E-state index contributed by atoms with van der Waals surface area (Å²) in [5.74, 6) is -3.09. The van der Waals surface area contributed by atoms with E-state index < -0.39 is 118 Å². The zero-order valence-corrected chi connectivity index (χ0v) is 66.2. The molecule has 4 rings (SSSR count). The lowest BCUT2D eigenvalue weighted by Crippen LogP contribution is -2.83. The average Bonchev–Trinajstić information content (AvgIpc) is 0.710. The van der Waals surface area contributed by atoms with Gasteiger partial charge in [0.1, 0.15) is 0 Å². The summed E-state index contributed by atoms with van der Waals surface area (Å²) < 4.78 is 156. The Labute approximate surface area is 549 Å². The summed E-state index contributed by atoms with van der Waals surface area (Å²) in [5, 5.41) is 0. The van der Waals surface area contributed by atoms with Crippen LogP contribution < -0.4 is 0 Å². The standard InChI is InChI=1S/C54H102O27Si10/c1-20-35-82(60-16)69-84(62-18,40-25-30-64-50(55)45(6)7)73-86(37-22-3)75-89(71-82,42-27-32-66-52(57)47(10)11)79-88(39-24-5)80-90(43-28-33-67-53(58)48(12)13)72-83(61-17,36-21-2)70-85(63-19,41-26-31-65-51(56)46(8)9)74-87(76-90,38-23-4)78-91(77-86,81-88)44-29-34-68-54(59)49(14)15/h6,8,10,12,14,20-44H2,1-5,7,9,11,13,15-19H3. The van der Waals surface area contributed by atoms with E-state index in [2.05, 4.69) is 32.9 Å². The van der Waals surface area contributed by atoms with Gasteiger partial charge in [-0.05, 0) is 66.7 Å². The molecule has 8 atom stereocenters. The molecule has 0 aromatic carbocycles. The molecule has 0 saturated carbocycles. The van der Waals surface area contributed by atoms with Crippen LogP contribution in [0.1, 0.15) is 133 Å². The third-order valence-electron chi connectivity index (χ3n) is 14.1. The van der Waals surface area contributed by atoms with Crippen LogP contribution in [0.4, 0.5) is 0 Å². The van der Waals surface area contributed by atoms with E-state index in [1.165, 1.54) is 35.4 Å². The zero-order valence-electron chi connectivity index (χ0n) is 56.2. The lowest BCUT2D eigenvalue weighted by atomic mass is 10.4. The molecule has 0 radical (unpaired) electrons. The normalized spacial score (nSPS) is 31.5. The molecule has 4 saturated heterocycles. The summed E-state index contributed by atoms with van der Waals surface area (Å²) in [6.45, 7) is 35.4. The molecule has 4 heterocycles. The molecule has 0 aromatic heterocycles. The minimum Gasteiger partial charge on any atom is -0.462 e. The van der Waals surface area contributed by atoms with Crippen LogP contribution >= 0.6 is 0 Å². The fraction of sp³-hybridized carbons (Fsp3) is 0.722. The molecule has 0 aliphatic carbocycles. The van der Waals surface area contributed by atoms with Gasteiger partial charge in [-0.2, -0.15) is 0 Å². The van der Waals surface area contributed by atoms with Gasteiger partial charge in [-0.3, -0.25) is 0 Å². The van der Waals surface area contributed by atoms with Crippen molar-refractivity contribution in [3.05, 3.63) is 60.8 Å². The van der Waals surface area contributed by atoms with Crippen molar-refractivity contribution in [1.29, 1.82) is 0 Å². The molecule has 4 aliphatic heterocycles. The van der Waals surface area contributed by atoms with Crippen LogP contribution in [0, 0.1) is 0 Å². The SMILES string of the molecule is C=C(C)C(=O)OCCC[Si]1(OC)O[Si](CCC)(OC)O[Si]2(CCCOC(=O)C(=C)C)O[Si](CCC)(O1)O[Si]1(CCCOC(=O)C(=C)C)O[Si]3(CCC)O[Si](CCCOC(=O)C(=C)C)(OC)O[Si](CCC)(OC)O[Si](CCCOC(=O)C(=C)C)(O3)O[Si](CCC)(O2)O1. The number of rotatable bonds is 39. The molecule has 6 bridgehead atoms. The average molecular weight is 1460 g/mol. The van der Waals surface area contributed by atoms with E-state index in [1.54, 1.807) is 27.7 Å². The van der Waals surface area contributed by atoms with Crippen molar-refractivity contribution in [3.8, 4) is 0 Å². The molecule has 0 amide bonds. The molecule has 0 N–H and O–H groups in total. The molecular formula is C54H102O27Si10. The van der Waals surface area contributed by atoms with Crippen LogP contribution in [-0.4, -0.2) is 179 Å². The van der Waals surface area contributed by atoms with Crippen LogP contribution in [-0.2, 0) is 119 Å². The van der Waals surface area contributed by atoms with E-state index in [0.717, 1.165) is 0 Å². The zero-order chi connectivity index (χ0) is 68.0.